The highest BCUT2D eigenvalue weighted by atomic mass is 32.2. The third-order valence-corrected chi connectivity index (χ3v) is 5.68. The Morgan fingerprint density at radius 2 is 2.21 bits per heavy atom. The van der Waals surface area contributed by atoms with Crippen LogP contribution in [0, 0.1) is 5.92 Å². The maximum atomic E-state index is 12.4. The van der Waals surface area contributed by atoms with Crippen molar-refractivity contribution in [3.05, 3.63) is 24.2 Å². The number of amides is 1. The summed E-state index contributed by atoms with van der Waals surface area (Å²) in [5.74, 6) is 0.354. The number of carbonyl (C=O) groups is 1. The molecule has 7 nitrogen and oxygen atoms in total. The fourth-order valence-corrected chi connectivity index (χ4v) is 4.51. The molecule has 2 fully saturated rings. The lowest BCUT2D eigenvalue weighted by Crippen LogP contribution is -2.54. The lowest BCUT2D eigenvalue weighted by Gasteiger charge is -2.41. The summed E-state index contributed by atoms with van der Waals surface area (Å²) in [7, 11) is -1.63. The first kappa shape index (κ1) is 17.4. The third-order valence-electron chi connectivity index (χ3n) is 4.91. The van der Waals surface area contributed by atoms with Gasteiger partial charge in [0.25, 0.3) is 0 Å². The van der Waals surface area contributed by atoms with Gasteiger partial charge in [0.15, 0.2) is 9.84 Å². The monoisotopic (exact) mass is 356 g/mol. The van der Waals surface area contributed by atoms with Crippen molar-refractivity contribution in [3.8, 4) is 0 Å². The first-order chi connectivity index (χ1) is 11.4. The van der Waals surface area contributed by atoms with Crippen molar-refractivity contribution in [1.29, 1.82) is 0 Å². The molecule has 0 radical (unpaired) electrons. The van der Waals surface area contributed by atoms with Crippen LogP contribution in [0.1, 0.15) is 12.2 Å². The standard InChI is InChI=1S/C16H24N2O5S/c1-22-15-5-6-18(16(19)11-24(2,20)21)14-10-17(9-13(14)15)8-12-4-3-7-23-12/h3-4,7,13-15H,5-6,8-11H2,1-2H3/t13-,14+,15-/m0/s1. The molecule has 24 heavy (non-hydrogen) atoms. The number of ether oxygens (including phenoxy) is 1. The number of hydrogen-bond acceptors (Lipinski definition) is 6. The predicted octanol–water partition coefficient (Wildman–Crippen LogP) is 0.372. The molecule has 2 aliphatic heterocycles. The first-order valence-corrected chi connectivity index (χ1v) is 10.2. The highest BCUT2D eigenvalue weighted by Crippen LogP contribution is 2.33. The van der Waals surface area contributed by atoms with Crippen molar-refractivity contribution in [2.75, 3.05) is 38.8 Å². The van der Waals surface area contributed by atoms with Crippen LogP contribution < -0.4 is 0 Å². The van der Waals surface area contributed by atoms with Gasteiger partial charge in [-0.25, -0.2) is 8.42 Å². The molecule has 0 bridgehead atoms. The fourth-order valence-electron chi connectivity index (χ4n) is 3.90. The zero-order chi connectivity index (χ0) is 17.3. The zero-order valence-electron chi connectivity index (χ0n) is 14.1. The summed E-state index contributed by atoms with van der Waals surface area (Å²) in [6.45, 7) is 2.75. The van der Waals surface area contributed by atoms with Crippen molar-refractivity contribution in [2.24, 2.45) is 5.92 Å². The van der Waals surface area contributed by atoms with Gasteiger partial charge in [0.1, 0.15) is 11.5 Å². The van der Waals surface area contributed by atoms with Crippen LogP contribution in [0.4, 0.5) is 0 Å². The number of likely N-dealkylation sites (tertiary alicyclic amines) is 2. The molecule has 8 heteroatoms. The van der Waals surface area contributed by atoms with Gasteiger partial charge in [0.2, 0.25) is 5.91 Å². The smallest absolute Gasteiger partial charge is 0.238 e. The molecule has 2 saturated heterocycles. The minimum Gasteiger partial charge on any atom is -0.468 e. The minimum absolute atomic E-state index is 0.00656. The number of furan rings is 1. The number of rotatable bonds is 5. The highest BCUT2D eigenvalue weighted by molar-refractivity contribution is 7.91. The van der Waals surface area contributed by atoms with E-state index in [9.17, 15) is 13.2 Å². The summed E-state index contributed by atoms with van der Waals surface area (Å²) < 4.78 is 34.0. The fraction of sp³-hybridized carbons (Fsp3) is 0.688. The summed E-state index contributed by atoms with van der Waals surface area (Å²) >= 11 is 0. The van der Waals surface area contributed by atoms with Gasteiger partial charge in [-0.1, -0.05) is 0 Å². The van der Waals surface area contributed by atoms with Gasteiger partial charge < -0.3 is 14.1 Å². The second-order valence-corrected chi connectivity index (χ2v) is 8.86. The molecule has 2 aliphatic rings. The van der Waals surface area contributed by atoms with E-state index in [4.69, 9.17) is 9.15 Å². The molecule has 0 spiro atoms. The summed E-state index contributed by atoms with van der Waals surface area (Å²) in [5.41, 5.74) is 0. The van der Waals surface area contributed by atoms with Crippen LogP contribution in [0.15, 0.2) is 22.8 Å². The van der Waals surface area contributed by atoms with E-state index in [1.54, 1.807) is 18.3 Å². The Morgan fingerprint density at radius 1 is 1.42 bits per heavy atom. The first-order valence-electron chi connectivity index (χ1n) is 8.12. The van der Waals surface area contributed by atoms with Gasteiger partial charge in [-0.2, -0.15) is 0 Å². The average Bonchev–Trinajstić information content (AvgIpc) is 3.13. The van der Waals surface area contributed by atoms with E-state index in [2.05, 4.69) is 4.90 Å². The highest BCUT2D eigenvalue weighted by Gasteiger charge is 2.46. The Kier molecular flexibility index (Phi) is 4.98. The molecule has 134 valence electrons. The Hall–Kier alpha value is -1.38. The van der Waals surface area contributed by atoms with Crippen molar-refractivity contribution >= 4 is 15.7 Å². The van der Waals surface area contributed by atoms with Crippen LogP contribution in [0.5, 0.6) is 0 Å². The molecule has 0 aromatic carbocycles. The van der Waals surface area contributed by atoms with E-state index in [1.807, 2.05) is 12.1 Å². The quantitative estimate of drug-likeness (QED) is 0.758. The molecule has 0 unspecified atom stereocenters. The van der Waals surface area contributed by atoms with Crippen LogP contribution in [-0.4, -0.2) is 75.0 Å². The molecule has 1 aromatic rings. The van der Waals surface area contributed by atoms with Crippen LogP contribution >= 0.6 is 0 Å². The van der Waals surface area contributed by atoms with E-state index in [1.165, 1.54) is 0 Å². The van der Waals surface area contributed by atoms with Gasteiger partial charge in [0, 0.05) is 38.9 Å². The van der Waals surface area contributed by atoms with E-state index >= 15 is 0 Å². The molecule has 1 amide bonds. The predicted molar refractivity (Wildman–Crippen MR) is 88.1 cm³/mol. The van der Waals surface area contributed by atoms with Gasteiger partial charge in [0.05, 0.1) is 25.0 Å². The van der Waals surface area contributed by atoms with Crippen LogP contribution in [-0.2, 0) is 25.9 Å². The maximum absolute atomic E-state index is 12.4. The third kappa shape index (κ3) is 3.81. The zero-order valence-corrected chi connectivity index (χ0v) is 14.9. The summed E-state index contributed by atoms with van der Waals surface area (Å²) in [5, 5.41) is 0. The Balaban J connectivity index is 1.73. The van der Waals surface area contributed by atoms with Gasteiger partial charge in [-0.15, -0.1) is 0 Å². The van der Waals surface area contributed by atoms with Crippen LogP contribution in [0.2, 0.25) is 0 Å². The van der Waals surface area contributed by atoms with Crippen molar-refractivity contribution < 1.29 is 22.4 Å². The summed E-state index contributed by atoms with van der Waals surface area (Å²) in [4.78, 5) is 16.4. The normalized spacial score (nSPS) is 28.1. The molecule has 3 atom stereocenters. The molecule has 3 rings (SSSR count). The number of fused-ring (bicyclic) bond motifs is 1. The summed E-state index contributed by atoms with van der Waals surface area (Å²) in [6, 6.07) is 3.79. The largest absolute Gasteiger partial charge is 0.468 e. The van der Waals surface area contributed by atoms with E-state index in [0.29, 0.717) is 19.6 Å². The number of carbonyl (C=O) groups excluding carboxylic acids is 1. The van der Waals surface area contributed by atoms with Gasteiger partial charge in [-0.3, -0.25) is 9.69 Å². The second kappa shape index (κ2) is 6.85. The van der Waals surface area contributed by atoms with E-state index in [0.717, 1.165) is 25.0 Å². The van der Waals surface area contributed by atoms with Crippen molar-refractivity contribution in [1.82, 2.24) is 9.80 Å². The Morgan fingerprint density at radius 3 is 2.83 bits per heavy atom. The molecule has 3 heterocycles. The molecule has 0 saturated carbocycles. The summed E-state index contributed by atoms with van der Waals surface area (Å²) in [6.07, 6.45) is 3.58. The number of methoxy groups -OCH3 is 1. The van der Waals surface area contributed by atoms with E-state index in [-0.39, 0.29) is 24.0 Å². The van der Waals surface area contributed by atoms with Crippen molar-refractivity contribution in [2.45, 2.75) is 25.1 Å². The van der Waals surface area contributed by atoms with Crippen LogP contribution in [0.25, 0.3) is 0 Å². The molecule has 0 aliphatic carbocycles. The number of piperidine rings is 1. The Labute approximate surface area is 142 Å². The van der Waals surface area contributed by atoms with Crippen molar-refractivity contribution in [3.63, 3.8) is 0 Å². The Bertz CT molecular complexity index is 673. The second-order valence-electron chi connectivity index (χ2n) is 6.72. The number of sulfone groups is 1. The molecule has 0 N–H and O–H groups in total. The topological polar surface area (TPSA) is 80.1 Å². The lowest BCUT2D eigenvalue weighted by molar-refractivity contribution is -0.135. The molecular weight excluding hydrogens is 332 g/mol. The molecule has 1 aromatic heterocycles. The lowest BCUT2D eigenvalue weighted by atomic mass is 9.89. The molecular formula is C16H24N2O5S. The van der Waals surface area contributed by atoms with Gasteiger partial charge in [-0.05, 0) is 18.6 Å². The maximum Gasteiger partial charge on any atom is 0.238 e. The van der Waals surface area contributed by atoms with E-state index < -0.39 is 15.6 Å². The van der Waals surface area contributed by atoms with Crippen LogP contribution in [0.3, 0.4) is 0 Å². The number of hydrogen-bond donors (Lipinski definition) is 0. The SMILES string of the molecule is CO[C@H]1CCN(C(=O)CS(C)(=O)=O)[C@@H]2CN(Cc3ccco3)C[C@H]12. The minimum atomic E-state index is -3.33. The van der Waals surface area contributed by atoms with Gasteiger partial charge >= 0.3 is 0 Å². The number of nitrogens with zero attached hydrogens (tertiary/aromatic N) is 2. The average molecular weight is 356 g/mol.